The normalized spacial score (nSPS) is 14.9. The SMILES string of the molecule is C=CCOC(=O)C1CCN(S(=O)(=O)NC(=O)OCC(=O)N[C@@H](C)C(=O)N[C@@H](C)C(=O)N[C@@H](C)C(=O)NCOCCNC(=O)OCc2ccccc2)CC1. The van der Waals surface area contributed by atoms with Gasteiger partial charge in [0.1, 0.15) is 38.1 Å². The Kier molecular flexibility index (Phi) is 18.7. The number of esters is 1. The molecule has 6 N–H and O–H groups in total. The average Bonchev–Trinajstić information content (AvgIpc) is 3.13. The molecule has 0 aromatic heterocycles. The van der Waals surface area contributed by atoms with Crippen molar-refractivity contribution in [1.29, 1.82) is 0 Å². The molecule has 0 bridgehead atoms. The van der Waals surface area contributed by atoms with Gasteiger partial charge in [-0.2, -0.15) is 12.7 Å². The number of ether oxygens (including phenoxy) is 4. The molecule has 3 atom stereocenters. The smallest absolute Gasteiger partial charge is 0.422 e. The van der Waals surface area contributed by atoms with E-state index in [-0.39, 0.29) is 59.0 Å². The van der Waals surface area contributed by atoms with Crippen LogP contribution in [0.4, 0.5) is 9.59 Å². The van der Waals surface area contributed by atoms with E-state index in [0.29, 0.717) is 0 Å². The molecule has 0 aliphatic carbocycles. The predicted octanol–water partition coefficient (Wildman–Crippen LogP) is -1.07. The maximum atomic E-state index is 12.5. The van der Waals surface area contributed by atoms with Crippen LogP contribution in [0.2, 0.25) is 0 Å². The largest absolute Gasteiger partial charge is 0.461 e. The molecule has 1 heterocycles. The van der Waals surface area contributed by atoms with Gasteiger partial charge in [-0.15, -0.1) is 0 Å². The second-order valence-corrected chi connectivity index (χ2v) is 13.3. The van der Waals surface area contributed by atoms with Crippen LogP contribution in [0.25, 0.3) is 0 Å². The first-order valence-corrected chi connectivity index (χ1v) is 18.0. The fourth-order valence-corrected chi connectivity index (χ4v) is 5.51. The highest BCUT2D eigenvalue weighted by atomic mass is 32.2. The maximum absolute atomic E-state index is 12.5. The quantitative estimate of drug-likeness (QED) is 0.0304. The van der Waals surface area contributed by atoms with Gasteiger partial charge in [0.05, 0.1) is 12.5 Å². The Bertz CT molecular complexity index is 1540. The zero-order chi connectivity index (χ0) is 39.4. The van der Waals surface area contributed by atoms with Gasteiger partial charge in [-0.25, -0.2) is 14.3 Å². The molecule has 2 rings (SSSR count). The standard InChI is InChI=1S/C32H47N7O13S/c1-5-16-50-30(44)25-11-14-39(15-12-25)53(47,48)38-32(46)52-19-26(40)35-22(3)28(42)37-23(4)29(43)36-21(2)27(41)34-20-49-17-13-33-31(45)51-18-24-9-7-6-8-10-24/h5-10,21-23,25H,1,11-20H2,2-4H3,(H,33,45)(H,34,41)(H,35,40)(H,36,43)(H,37,42)(H,38,46)/t21-,22-,23-/m0/s1. The molecule has 6 amide bonds. The first-order valence-electron chi connectivity index (χ1n) is 16.5. The van der Waals surface area contributed by atoms with E-state index in [9.17, 15) is 42.0 Å². The van der Waals surface area contributed by atoms with Crippen LogP contribution in [0.1, 0.15) is 39.2 Å². The van der Waals surface area contributed by atoms with Gasteiger partial charge in [0.15, 0.2) is 6.61 Å². The number of amides is 6. The van der Waals surface area contributed by atoms with Crippen molar-refractivity contribution in [2.24, 2.45) is 5.92 Å². The molecule has 0 spiro atoms. The highest BCUT2D eigenvalue weighted by molar-refractivity contribution is 7.87. The van der Waals surface area contributed by atoms with Crippen LogP contribution in [0.5, 0.6) is 0 Å². The van der Waals surface area contributed by atoms with E-state index in [1.165, 1.54) is 26.8 Å². The van der Waals surface area contributed by atoms with Crippen molar-refractivity contribution in [1.82, 2.24) is 35.6 Å². The second-order valence-electron chi connectivity index (χ2n) is 11.6. The van der Waals surface area contributed by atoms with Crippen molar-refractivity contribution < 1.29 is 60.9 Å². The summed E-state index contributed by atoms with van der Waals surface area (Å²) in [4.78, 5) is 85.4. The summed E-state index contributed by atoms with van der Waals surface area (Å²) in [6, 6.07) is 5.78. The molecular formula is C32H47N7O13S. The third kappa shape index (κ3) is 16.7. The van der Waals surface area contributed by atoms with E-state index in [2.05, 4.69) is 37.9 Å². The fourth-order valence-electron chi connectivity index (χ4n) is 4.42. The molecule has 1 fully saturated rings. The number of nitrogens with zero attached hydrogens (tertiary/aromatic N) is 1. The number of carbonyl (C=O) groups excluding carboxylic acids is 7. The number of carbonyl (C=O) groups is 7. The predicted molar refractivity (Wildman–Crippen MR) is 185 cm³/mol. The number of hydrogen-bond donors (Lipinski definition) is 6. The summed E-state index contributed by atoms with van der Waals surface area (Å²) in [5.74, 6) is -3.99. The highest BCUT2D eigenvalue weighted by Gasteiger charge is 2.33. The summed E-state index contributed by atoms with van der Waals surface area (Å²) in [5, 5.41) is 12.0. The van der Waals surface area contributed by atoms with Crippen molar-refractivity contribution >= 4 is 52.0 Å². The average molecular weight is 770 g/mol. The number of benzene rings is 1. The van der Waals surface area contributed by atoms with E-state index in [0.717, 1.165) is 9.87 Å². The lowest BCUT2D eigenvalue weighted by molar-refractivity contribution is -0.148. The minimum Gasteiger partial charge on any atom is -0.461 e. The maximum Gasteiger partial charge on any atom is 0.422 e. The van der Waals surface area contributed by atoms with Crippen LogP contribution in [0.3, 0.4) is 0 Å². The Morgan fingerprint density at radius 2 is 1.43 bits per heavy atom. The molecule has 0 unspecified atom stereocenters. The number of nitrogens with one attached hydrogen (secondary N) is 6. The molecule has 1 saturated heterocycles. The number of alkyl carbamates (subject to hydrolysis) is 1. The van der Waals surface area contributed by atoms with Crippen LogP contribution in [-0.2, 0) is 59.7 Å². The number of rotatable bonds is 20. The number of piperidine rings is 1. The van der Waals surface area contributed by atoms with Crippen LogP contribution >= 0.6 is 0 Å². The molecule has 20 nitrogen and oxygen atoms in total. The Morgan fingerprint density at radius 3 is 2.06 bits per heavy atom. The van der Waals surface area contributed by atoms with Crippen LogP contribution in [0.15, 0.2) is 43.0 Å². The Morgan fingerprint density at radius 1 is 0.830 bits per heavy atom. The van der Waals surface area contributed by atoms with Crippen LogP contribution in [0, 0.1) is 5.92 Å². The van der Waals surface area contributed by atoms with Crippen molar-refractivity contribution in [3.8, 4) is 0 Å². The molecule has 1 aliphatic rings. The Balaban J connectivity index is 1.60. The lowest BCUT2D eigenvalue weighted by Crippen LogP contribution is -2.55. The lowest BCUT2D eigenvalue weighted by Gasteiger charge is -2.29. The van der Waals surface area contributed by atoms with Gasteiger partial charge in [-0.05, 0) is 39.2 Å². The first-order chi connectivity index (χ1) is 25.1. The first kappa shape index (κ1) is 43.9. The lowest BCUT2D eigenvalue weighted by atomic mass is 9.98. The van der Waals surface area contributed by atoms with E-state index >= 15 is 0 Å². The van der Waals surface area contributed by atoms with Gasteiger partial charge in [0, 0.05) is 19.6 Å². The van der Waals surface area contributed by atoms with E-state index < -0.39 is 82.6 Å². The van der Waals surface area contributed by atoms with Gasteiger partial charge in [0.2, 0.25) is 17.7 Å². The fraction of sp³-hybridized carbons (Fsp3) is 0.531. The van der Waals surface area contributed by atoms with Crippen molar-refractivity contribution in [2.75, 3.05) is 46.2 Å². The zero-order valence-electron chi connectivity index (χ0n) is 29.7. The molecule has 21 heteroatoms. The Labute approximate surface area is 307 Å². The van der Waals surface area contributed by atoms with Crippen LogP contribution in [-0.4, -0.2) is 119 Å². The summed E-state index contributed by atoms with van der Waals surface area (Å²) >= 11 is 0. The van der Waals surface area contributed by atoms with Gasteiger partial charge in [-0.3, -0.25) is 24.0 Å². The Hall–Kier alpha value is -5.28. The monoisotopic (exact) mass is 769 g/mol. The van der Waals surface area contributed by atoms with Crippen molar-refractivity contribution in [3.05, 3.63) is 48.6 Å². The molecular weight excluding hydrogens is 722 g/mol. The summed E-state index contributed by atoms with van der Waals surface area (Å²) in [6.07, 6.45) is -0.299. The minimum atomic E-state index is -4.33. The van der Waals surface area contributed by atoms with E-state index in [4.69, 9.17) is 14.2 Å². The molecule has 0 saturated carbocycles. The second kappa shape index (κ2) is 22.6. The van der Waals surface area contributed by atoms with Crippen molar-refractivity contribution in [3.63, 3.8) is 0 Å². The molecule has 1 aromatic rings. The molecule has 0 radical (unpaired) electrons. The molecule has 53 heavy (non-hydrogen) atoms. The summed E-state index contributed by atoms with van der Waals surface area (Å²) in [6.45, 7) is 6.58. The minimum absolute atomic E-state index is 0.0389. The van der Waals surface area contributed by atoms with Gasteiger partial charge in [0.25, 0.3) is 5.91 Å². The molecule has 294 valence electrons. The van der Waals surface area contributed by atoms with Crippen LogP contribution < -0.4 is 31.3 Å². The molecule has 1 aromatic carbocycles. The van der Waals surface area contributed by atoms with E-state index in [1.54, 1.807) is 4.72 Å². The van der Waals surface area contributed by atoms with Gasteiger partial charge in [-0.1, -0.05) is 43.0 Å². The summed E-state index contributed by atoms with van der Waals surface area (Å²) < 4.78 is 47.6. The number of hydrogen-bond acceptors (Lipinski definition) is 13. The van der Waals surface area contributed by atoms with Gasteiger partial charge < -0.3 is 45.5 Å². The third-order valence-corrected chi connectivity index (χ3v) is 8.84. The summed E-state index contributed by atoms with van der Waals surface area (Å²) in [7, 11) is -4.33. The molecule has 1 aliphatic heterocycles. The van der Waals surface area contributed by atoms with Crippen molar-refractivity contribution in [2.45, 2.75) is 58.3 Å². The topological polar surface area (TPSA) is 266 Å². The zero-order valence-corrected chi connectivity index (χ0v) is 30.5. The van der Waals surface area contributed by atoms with E-state index in [1.807, 2.05) is 30.3 Å². The highest BCUT2D eigenvalue weighted by Crippen LogP contribution is 2.20. The third-order valence-electron chi connectivity index (χ3n) is 7.37. The summed E-state index contributed by atoms with van der Waals surface area (Å²) in [5.41, 5.74) is 0.834. The van der Waals surface area contributed by atoms with Gasteiger partial charge >= 0.3 is 28.4 Å².